The second-order valence-corrected chi connectivity index (χ2v) is 11.4. The van der Waals surface area contributed by atoms with E-state index in [9.17, 15) is 41.1 Å². The number of pyridine rings is 2. The van der Waals surface area contributed by atoms with Crippen LogP contribution in [-0.2, 0) is 27.5 Å². The summed E-state index contributed by atoms with van der Waals surface area (Å²) < 4.78 is 69.5. The van der Waals surface area contributed by atoms with Crippen molar-refractivity contribution in [1.29, 1.82) is 0 Å². The molecule has 0 radical (unpaired) electrons. The van der Waals surface area contributed by atoms with Gasteiger partial charge in [-0.3, -0.25) is 29.7 Å². The molecule has 2 atom stereocenters. The number of ether oxygens (including phenoxy) is 1. The first kappa shape index (κ1) is 41.6. The molecule has 0 saturated carbocycles. The molecule has 0 bridgehead atoms. The van der Waals surface area contributed by atoms with Gasteiger partial charge in [-0.1, -0.05) is 24.3 Å². The van der Waals surface area contributed by atoms with Crippen LogP contribution < -0.4 is 15.5 Å². The van der Waals surface area contributed by atoms with Crippen LogP contribution >= 0.6 is 0 Å². The fourth-order valence-corrected chi connectivity index (χ4v) is 5.06. The monoisotopic (exact) mass is 753 g/mol. The van der Waals surface area contributed by atoms with Crippen LogP contribution in [0.1, 0.15) is 33.7 Å². The predicted octanol–water partition coefficient (Wildman–Crippen LogP) is 4.91. The topological polar surface area (TPSA) is 191 Å². The van der Waals surface area contributed by atoms with Crippen molar-refractivity contribution in [1.82, 2.24) is 25.7 Å². The summed E-state index contributed by atoms with van der Waals surface area (Å²) >= 11 is 0. The van der Waals surface area contributed by atoms with Crippen LogP contribution in [0.3, 0.4) is 0 Å². The van der Waals surface area contributed by atoms with E-state index in [1.54, 1.807) is 35.9 Å². The highest BCUT2D eigenvalue weighted by atomic mass is 19.4. The summed E-state index contributed by atoms with van der Waals surface area (Å²) in [4.78, 5) is 54.3. The Kier molecular flexibility index (Phi) is 14.6. The van der Waals surface area contributed by atoms with E-state index in [0.29, 0.717) is 44.0 Å². The minimum absolute atomic E-state index is 0.294. The SMILES string of the molecule is Cc1cc(COc2ccc(C(=O)N[C@@H]3CN(Cc4ccccn4)CC[C@@H]3C(=O)NO)cc2)c2ccccc2n1.O=C(O)C(F)(F)F.O=C(O)C(F)(F)F. The second-order valence-electron chi connectivity index (χ2n) is 11.4. The molecule has 0 unspecified atom stereocenters. The number of halogens is 6. The third-order valence-corrected chi connectivity index (χ3v) is 7.50. The van der Waals surface area contributed by atoms with Crippen LogP contribution in [0.25, 0.3) is 10.9 Å². The van der Waals surface area contributed by atoms with E-state index in [4.69, 9.17) is 24.5 Å². The van der Waals surface area contributed by atoms with Gasteiger partial charge in [-0.2, -0.15) is 26.3 Å². The maximum atomic E-state index is 13.1. The van der Waals surface area contributed by atoms with Crippen molar-refractivity contribution in [3.05, 3.63) is 102 Å². The van der Waals surface area contributed by atoms with Gasteiger partial charge in [0.2, 0.25) is 5.91 Å². The summed E-state index contributed by atoms with van der Waals surface area (Å²) in [6.07, 6.45) is -7.92. The standard InChI is InChI=1S/C30H31N5O4.2C2HF3O2/c1-20-16-22(25-7-2-3-8-27(25)32-20)19-39-24-11-9-21(10-12-24)29(36)33-28-18-35(15-13-26(28)30(37)34-38)17-23-6-4-5-14-31-23;2*3-2(4,5)1(6)7/h2-12,14,16,26,28,38H,13,15,17-19H2,1H3,(H,33,36)(H,34,37);2*(H,6,7)/t26-,28+;;/m0../s1. The average molecular weight is 754 g/mol. The van der Waals surface area contributed by atoms with E-state index in [0.717, 1.165) is 27.9 Å². The average Bonchev–Trinajstić information content (AvgIpc) is 3.10. The van der Waals surface area contributed by atoms with Crippen LogP contribution in [0, 0.1) is 12.8 Å². The number of carbonyl (C=O) groups is 4. The van der Waals surface area contributed by atoms with E-state index < -0.39 is 42.2 Å². The van der Waals surface area contributed by atoms with Crippen LogP contribution in [-0.4, -0.2) is 85.5 Å². The molecule has 2 aromatic heterocycles. The number of rotatable bonds is 8. The van der Waals surface area contributed by atoms with E-state index in [-0.39, 0.29) is 5.91 Å². The molecule has 53 heavy (non-hydrogen) atoms. The summed E-state index contributed by atoms with van der Waals surface area (Å²) in [6.45, 7) is 4.06. The van der Waals surface area contributed by atoms with E-state index in [1.165, 1.54) is 0 Å². The number of piperidine rings is 1. The third kappa shape index (κ3) is 13.0. The first-order valence-corrected chi connectivity index (χ1v) is 15.4. The fourth-order valence-electron chi connectivity index (χ4n) is 5.06. The summed E-state index contributed by atoms with van der Waals surface area (Å²) in [5.74, 6) is -6.21. The molecule has 3 heterocycles. The molecule has 1 saturated heterocycles. The number of hydrogen-bond donors (Lipinski definition) is 5. The molecule has 1 fully saturated rings. The molecule has 19 heteroatoms. The molecule has 1 aliphatic heterocycles. The third-order valence-electron chi connectivity index (χ3n) is 7.50. The Hall–Kier alpha value is -5.82. The van der Waals surface area contributed by atoms with Crippen molar-refractivity contribution in [3.8, 4) is 5.75 Å². The molecule has 5 N–H and O–H groups in total. The molecule has 0 aliphatic carbocycles. The number of hydroxylamine groups is 1. The number of aliphatic carboxylic acids is 2. The van der Waals surface area contributed by atoms with Crippen molar-refractivity contribution in [2.45, 2.75) is 44.9 Å². The number of alkyl halides is 6. The van der Waals surface area contributed by atoms with Gasteiger partial charge in [-0.25, -0.2) is 15.1 Å². The normalized spacial score (nSPS) is 15.8. The molecule has 4 aromatic rings. The molecule has 13 nitrogen and oxygen atoms in total. The lowest BCUT2D eigenvalue weighted by atomic mass is 9.90. The smallest absolute Gasteiger partial charge is 0.489 e. The van der Waals surface area contributed by atoms with Crippen molar-refractivity contribution in [2.75, 3.05) is 13.1 Å². The largest absolute Gasteiger partial charge is 0.490 e. The number of amides is 2. The van der Waals surface area contributed by atoms with E-state index in [2.05, 4.69) is 20.2 Å². The number of nitrogens with zero attached hydrogens (tertiary/aromatic N) is 3. The Morgan fingerprint density at radius 1 is 0.906 bits per heavy atom. The maximum Gasteiger partial charge on any atom is 0.490 e. The van der Waals surface area contributed by atoms with Crippen molar-refractivity contribution in [3.63, 3.8) is 0 Å². The number of para-hydroxylation sites is 1. The van der Waals surface area contributed by atoms with E-state index in [1.807, 2.05) is 55.5 Å². The first-order chi connectivity index (χ1) is 24.9. The maximum absolute atomic E-state index is 13.1. The van der Waals surface area contributed by atoms with Gasteiger partial charge in [0.05, 0.1) is 23.2 Å². The molecule has 2 amide bonds. The summed E-state index contributed by atoms with van der Waals surface area (Å²) in [6, 6.07) is 22.2. The van der Waals surface area contributed by atoms with Crippen LogP contribution in [0.2, 0.25) is 0 Å². The van der Waals surface area contributed by atoms with Gasteiger partial charge in [0.15, 0.2) is 0 Å². The zero-order chi connectivity index (χ0) is 39.3. The molecule has 284 valence electrons. The Balaban J connectivity index is 0.000000458. The highest BCUT2D eigenvalue weighted by Crippen LogP contribution is 2.23. The van der Waals surface area contributed by atoms with Gasteiger partial charge in [0, 0.05) is 41.5 Å². The number of likely N-dealkylation sites (tertiary alicyclic amines) is 1. The Labute approximate surface area is 297 Å². The number of carboxylic acids is 2. The Bertz CT molecular complexity index is 1840. The van der Waals surface area contributed by atoms with Crippen LogP contribution in [0.4, 0.5) is 26.3 Å². The number of aromatic nitrogens is 2. The quantitative estimate of drug-likeness (QED) is 0.0934. The number of carbonyl (C=O) groups excluding carboxylic acids is 2. The number of aryl methyl sites for hydroxylation is 1. The lowest BCUT2D eigenvalue weighted by Gasteiger charge is -2.37. The highest BCUT2D eigenvalue weighted by molar-refractivity contribution is 5.95. The number of fused-ring (bicyclic) bond motifs is 1. The predicted molar refractivity (Wildman–Crippen MR) is 173 cm³/mol. The van der Waals surface area contributed by atoms with Gasteiger partial charge in [0.25, 0.3) is 5.91 Å². The minimum Gasteiger partial charge on any atom is -0.489 e. The molecule has 1 aliphatic rings. The van der Waals surface area contributed by atoms with E-state index >= 15 is 0 Å². The Morgan fingerprint density at radius 3 is 2.08 bits per heavy atom. The summed E-state index contributed by atoms with van der Waals surface area (Å²) in [5.41, 5.74) is 6.02. The molecule has 5 rings (SSSR count). The Morgan fingerprint density at radius 2 is 1.51 bits per heavy atom. The lowest BCUT2D eigenvalue weighted by molar-refractivity contribution is -0.193. The first-order valence-electron chi connectivity index (χ1n) is 15.4. The lowest BCUT2D eigenvalue weighted by Crippen LogP contribution is -2.56. The molecule has 2 aromatic carbocycles. The van der Waals surface area contributed by atoms with Gasteiger partial charge < -0.3 is 20.3 Å². The number of hydrogen-bond acceptors (Lipinski definition) is 9. The van der Waals surface area contributed by atoms with Gasteiger partial charge in [-0.15, -0.1) is 0 Å². The number of nitrogens with one attached hydrogen (secondary N) is 2. The molecular weight excluding hydrogens is 720 g/mol. The zero-order valence-corrected chi connectivity index (χ0v) is 27.7. The van der Waals surface area contributed by atoms with Gasteiger partial charge >= 0.3 is 24.3 Å². The molecule has 0 spiro atoms. The zero-order valence-electron chi connectivity index (χ0n) is 27.7. The second kappa shape index (κ2) is 18.6. The number of carboxylic acid groups (broad SMARTS) is 2. The van der Waals surface area contributed by atoms with Crippen molar-refractivity contribution < 1.29 is 65.7 Å². The minimum atomic E-state index is -5.08. The number of benzene rings is 2. The van der Waals surface area contributed by atoms with Crippen LogP contribution in [0.5, 0.6) is 5.75 Å². The van der Waals surface area contributed by atoms with Crippen molar-refractivity contribution >= 4 is 34.7 Å². The van der Waals surface area contributed by atoms with Gasteiger partial charge in [0.1, 0.15) is 12.4 Å². The van der Waals surface area contributed by atoms with Gasteiger partial charge in [-0.05, 0) is 68.4 Å². The molecular formula is C34H33F6N5O8. The van der Waals surface area contributed by atoms with Crippen LogP contribution in [0.15, 0.2) is 79.0 Å². The highest BCUT2D eigenvalue weighted by Gasteiger charge is 2.39. The summed E-state index contributed by atoms with van der Waals surface area (Å²) in [5, 5.41) is 27.5. The fraction of sp³-hybridized carbons (Fsp3) is 0.294. The van der Waals surface area contributed by atoms with Crippen molar-refractivity contribution in [2.24, 2.45) is 5.92 Å². The summed E-state index contributed by atoms with van der Waals surface area (Å²) in [7, 11) is 0.